The van der Waals surface area contributed by atoms with E-state index in [2.05, 4.69) is 20.6 Å². The van der Waals surface area contributed by atoms with Crippen LogP contribution in [0.2, 0.25) is 0 Å². The van der Waals surface area contributed by atoms with Crippen molar-refractivity contribution in [2.24, 2.45) is 17.6 Å². The number of nitrogens with two attached hydrogens (primary N) is 1. The second kappa shape index (κ2) is 23.4. The van der Waals surface area contributed by atoms with Gasteiger partial charge < -0.3 is 36.1 Å². The van der Waals surface area contributed by atoms with Crippen molar-refractivity contribution in [2.45, 2.75) is 87.3 Å². The second-order valence-corrected chi connectivity index (χ2v) is 16.2. The number of pyridine rings is 2. The molecule has 14 nitrogen and oxygen atoms in total. The Morgan fingerprint density at radius 3 is 1.45 bits per heavy atom. The molecule has 310 valence electrons. The molecule has 2 heterocycles. The summed E-state index contributed by atoms with van der Waals surface area (Å²) in [5, 5.41) is 30.1. The van der Waals surface area contributed by atoms with Gasteiger partial charge in [0.05, 0.1) is 22.2 Å². The molecule has 16 heteroatoms. The van der Waals surface area contributed by atoms with Gasteiger partial charge in [0.15, 0.2) is 0 Å². The van der Waals surface area contributed by atoms with Gasteiger partial charge in [-0.1, -0.05) is 100 Å². The summed E-state index contributed by atoms with van der Waals surface area (Å²) >= 11 is 2.39. The van der Waals surface area contributed by atoms with Crippen molar-refractivity contribution in [3.63, 3.8) is 0 Å². The van der Waals surface area contributed by atoms with Crippen LogP contribution in [0, 0.1) is 11.8 Å². The monoisotopic (exact) mass is 832 g/mol. The summed E-state index contributed by atoms with van der Waals surface area (Å²) in [4.78, 5) is 65.8. The number of carbonyl (C=O) groups excluding carboxylic acids is 4. The molecule has 0 radical (unpaired) electrons. The van der Waals surface area contributed by atoms with Crippen LogP contribution in [0.1, 0.15) is 38.8 Å². The Morgan fingerprint density at radius 2 is 1.05 bits per heavy atom. The number of nitrogens with zero attached hydrogens (tertiary/aromatic N) is 3. The molecule has 0 saturated heterocycles. The first kappa shape index (κ1) is 45.7. The number of ether oxygens (including phenoxy) is 2. The fourth-order valence-corrected chi connectivity index (χ4v) is 7.54. The van der Waals surface area contributed by atoms with E-state index < -0.39 is 72.2 Å². The molecule has 0 bridgehead atoms. The topological polar surface area (TPSA) is 206 Å². The number of carbonyl (C=O) groups is 4. The summed E-state index contributed by atoms with van der Waals surface area (Å²) in [5.74, 6) is -3.04. The molecule has 0 aliphatic rings. The molecule has 0 aliphatic carbocycles. The Morgan fingerprint density at radius 1 is 0.638 bits per heavy atom. The quantitative estimate of drug-likeness (QED) is 0.0742. The van der Waals surface area contributed by atoms with E-state index in [0.717, 1.165) is 16.7 Å². The SMILES string of the molecule is CC(C)[C@H](NC(=O)OCc1ccccc1)C(=O)N(C(=O)[C@@H](NC(=O)OCc1ccccc1)C(C)C)[C@@H](CSc1ccccn1)[C@@H](O)[C@H](O)[C@@H](N)CSc1ccccn1. The smallest absolute Gasteiger partial charge is 0.408 e. The maximum atomic E-state index is 14.9. The Bertz CT molecular complexity index is 1780. The lowest BCUT2D eigenvalue weighted by atomic mass is 9.95. The zero-order valence-electron chi connectivity index (χ0n) is 32.9. The number of alkyl carbamates (subject to hydrolysis) is 2. The van der Waals surface area contributed by atoms with Gasteiger partial charge in [-0.15, -0.1) is 23.5 Å². The zero-order chi connectivity index (χ0) is 42.0. The summed E-state index contributed by atoms with van der Waals surface area (Å²) in [7, 11) is 0. The average Bonchev–Trinajstić information content (AvgIpc) is 3.24. The number of aliphatic hydroxyl groups excluding tert-OH is 2. The van der Waals surface area contributed by atoms with E-state index in [1.165, 1.54) is 11.8 Å². The van der Waals surface area contributed by atoms with E-state index in [4.69, 9.17) is 15.2 Å². The van der Waals surface area contributed by atoms with Crippen LogP contribution in [0.15, 0.2) is 120 Å². The van der Waals surface area contributed by atoms with Crippen molar-refractivity contribution < 1.29 is 38.9 Å². The molecule has 4 amide bonds. The largest absolute Gasteiger partial charge is 0.445 e. The van der Waals surface area contributed by atoms with E-state index in [1.54, 1.807) is 125 Å². The third kappa shape index (κ3) is 14.1. The molecule has 0 fully saturated rings. The van der Waals surface area contributed by atoms with Crippen LogP contribution in [0.3, 0.4) is 0 Å². The Hall–Kier alpha value is -5.00. The van der Waals surface area contributed by atoms with Gasteiger partial charge >= 0.3 is 12.2 Å². The van der Waals surface area contributed by atoms with Gasteiger partial charge in [-0.25, -0.2) is 19.6 Å². The predicted molar refractivity (Wildman–Crippen MR) is 222 cm³/mol. The third-order valence-corrected chi connectivity index (χ3v) is 11.1. The minimum absolute atomic E-state index is 0.0819. The van der Waals surface area contributed by atoms with Crippen molar-refractivity contribution in [1.29, 1.82) is 0 Å². The summed E-state index contributed by atoms with van der Waals surface area (Å²) < 4.78 is 10.9. The van der Waals surface area contributed by atoms with Crippen LogP contribution in [0.25, 0.3) is 0 Å². The molecule has 58 heavy (non-hydrogen) atoms. The van der Waals surface area contributed by atoms with E-state index >= 15 is 0 Å². The number of rotatable bonds is 20. The minimum Gasteiger partial charge on any atom is -0.445 e. The van der Waals surface area contributed by atoms with Crippen molar-refractivity contribution >= 4 is 47.5 Å². The van der Waals surface area contributed by atoms with Crippen molar-refractivity contribution in [1.82, 2.24) is 25.5 Å². The molecule has 2 aromatic carbocycles. The van der Waals surface area contributed by atoms with E-state index in [1.807, 2.05) is 12.1 Å². The van der Waals surface area contributed by atoms with Gasteiger partial charge in [0.25, 0.3) is 11.8 Å². The molecule has 0 spiro atoms. The highest BCUT2D eigenvalue weighted by Crippen LogP contribution is 2.26. The molecule has 4 aromatic rings. The standard InChI is InChI=1S/C42H52N6O8S2/c1-27(2)35(46-41(53)55-23-29-15-7-5-8-16-29)39(51)48(40(52)36(28(3)4)47-42(54)56-24-30-17-9-6-10-18-30)32(26-58-34-20-12-14-22-45-34)38(50)37(49)31(43)25-57-33-19-11-13-21-44-33/h5-22,27-28,31-32,35-38,49-50H,23-26,43H2,1-4H3,(H,46,53)(H,47,54)/t31-,32-,35-,36-,37+,38+/m0/s1. The van der Waals surface area contributed by atoms with E-state index in [-0.39, 0.29) is 24.7 Å². The molecule has 0 aliphatic heterocycles. The van der Waals surface area contributed by atoms with Crippen LogP contribution in [-0.2, 0) is 32.3 Å². The number of nitrogens with one attached hydrogen (secondary N) is 2. The highest BCUT2D eigenvalue weighted by Gasteiger charge is 2.45. The molecular weight excluding hydrogens is 781 g/mol. The van der Waals surface area contributed by atoms with Crippen molar-refractivity contribution in [2.75, 3.05) is 11.5 Å². The highest BCUT2D eigenvalue weighted by molar-refractivity contribution is 7.99. The Balaban J connectivity index is 1.70. The molecule has 0 saturated carbocycles. The number of hydrogen-bond donors (Lipinski definition) is 5. The van der Waals surface area contributed by atoms with Gasteiger partial charge in [-0.3, -0.25) is 14.5 Å². The summed E-state index contributed by atoms with van der Waals surface area (Å²) in [6.07, 6.45) is -2.11. The average molecular weight is 833 g/mol. The summed E-state index contributed by atoms with van der Waals surface area (Å²) in [6, 6.07) is 23.3. The number of aliphatic hydroxyl groups is 2. The maximum absolute atomic E-state index is 14.9. The number of thioether (sulfide) groups is 2. The van der Waals surface area contributed by atoms with Crippen LogP contribution < -0.4 is 16.4 Å². The fourth-order valence-electron chi connectivity index (χ4n) is 5.67. The van der Waals surface area contributed by atoms with Crippen molar-refractivity contribution in [3.8, 4) is 0 Å². The van der Waals surface area contributed by atoms with Gasteiger partial charge in [0.2, 0.25) is 0 Å². The number of aromatic nitrogens is 2. The zero-order valence-corrected chi connectivity index (χ0v) is 34.6. The fraction of sp³-hybridized carbons (Fsp3) is 0.381. The van der Waals surface area contributed by atoms with Gasteiger partial charge in [0, 0.05) is 29.9 Å². The third-order valence-electron chi connectivity index (χ3n) is 8.93. The lowest BCUT2D eigenvalue weighted by molar-refractivity contribution is -0.156. The van der Waals surface area contributed by atoms with E-state index in [0.29, 0.717) is 21.2 Å². The Kier molecular flexibility index (Phi) is 18.4. The molecule has 6 atom stereocenters. The van der Waals surface area contributed by atoms with Crippen molar-refractivity contribution in [3.05, 3.63) is 121 Å². The molecule has 0 unspecified atom stereocenters. The summed E-state index contributed by atoms with van der Waals surface area (Å²) in [6.45, 7) is 6.54. The normalized spacial score (nSPS) is 14.4. The second-order valence-electron chi connectivity index (χ2n) is 14.1. The maximum Gasteiger partial charge on any atom is 0.408 e. The number of amides is 4. The lowest BCUT2D eigenvalue weighted by Gasteiger charge is -2.40. The molecule has 2 aromatic heterocycles. The highest BCUT2D eigenvalue weighted by atomic mass is 32.2. The Labute approximate surface area is 347 Å². The van der Waals surface area contributed by atoms with Crippen LogP contribution in [0.4, 0.5) is 9.59 Å². The summed E-state index contributed by atoms with van der Waals surface area (Å²) in [5.41, 5.74) is 7.89. The van der Waals surface area contributed by atoms with Gasteiger partial charge in [-0.05, 0) is 47.2 Å². The molecular formula is C42H52N6O8S2. The minimum atomic E-state index is -1.81. The molecule has 6 N–H and O–H groups in total. The van der Waals surface area contributed by atoms with Gasteiger partial charge in [-0.2, -0.15) is 0 Å². The van der Waals surface area contributed by atoms with Crippen LogP contribution in [0.5, 0.6) is 0 Å². The number of hydrogen-bond acceptors (Lipinski definition) is 13. The first-order valence-corrected chi connectivity index (χ1v) is 20.8. The molecule has 4 rings (SSSR count). The van der Waals surface area contributed by atoms with Gasteiger partial charge in [0.1, 0.15) is 31.4 Å². The number of benzene rings is 2. The van der Waals surface area contributed by atoms with Crippen LogP contribution in [-0.4, -0.2) is 97.0 Å². The lowest BCUT2D eigenvalue weighted by Crippen LogP contribution is -2.65. The first-order chi connectivity index (χ1) is 27.8. The number of imide groups is 1. The van der Waals surface area contributed by atoms with Crippen LogP contribution >= 0.6 is 23.5 Å². The predicted octanol–water partition coefficient (Wildman–Crippen LogP) is 5.04. The first-order valence-electron chi connectivity index (χ1n) is 18.9. The van der Waals surface area contributed by atoms with E-state index in [9.17, 15) is 29.4 Å².